The van der Waals surface area contributed by atoms with Gasteiger partial charge in [0.15, 0.2) is 5.84 Å². The molecule has 1 unspecified atom stereocenters. The van der Waals surface area contributed by atoms with E-state index in [1.54, 1.807) is 0 Å². The van der Waals surface area contributed by atoms with Gasteiger partial charge in [0.2, 0.25) is 0 Å². The lowest BCUT2D eigenvalue weighted by molar-refractivity contribution is -0.00222. The summed E-state index contributed by atoms with van der Waals surface area (Å²) in [5.74, 6) is 0.152. The molecule has 116 valence electrons. The number of hydrogen-bond acceptors (Lipinski definition) is 4. The predicted molar refractivity (Wildman–Crippen MR) is 83.5 cm³/mol. The third-order valence-electron chi connectivity index (χ3n) is 3.76. The Morgan fingerprint density at radius 1 is 1.52 bits per heavy atom. The maximum Gasteiger partial charge on any atom is 0.170 e. The predicted octanol–water partition coefficient (Wildman–Crippen LogP) is 2.17. The van der Waals surface area contributed by atoms with E-state index in [1.165, 1.54) is 12.0 Å². The van der Waals surface area contributed by atoms with Gasteiger partial charge < -0.3 is 15.7 Å². The molecule has 5 heteroatoms. The van der Waals surface area contributed by atoms with Crippen LogP contribution in [-0.4, -0.2) is 41.7 Å². The van der Waals surface area contributed by atoms with Crippen molar-refractivity contribution < 1.29 is 9.94 Å². The number of likely N-dealkylation sites (tertiary alicyclic amines) is 1. The fourth-order valence-corrected chi connectivity index (χ4v) is 2.72. The monoisotopic (exact) mass is 291 g/mol. The first-order chi connectivity index (χ1) is 10.2. The topological polar surface area (TPSA) is 71.1 Å². The van der Waals surface area contributed by atoms with Crippen LogP contribution < -0.4 is 5.73 Å². The number of rotatable bonds is 6. The van der Waals surface area contributed by atoms with Crippen molar-refractivity contribution >= 4 is 5.84 Å². The molecule has 0 radical (unpaired) electrons. The Hall–Kier alpha value is -1.59. The summed E-state index contributed by atoms with van der Waals surface area (Å²) in [5.41, 5.74) is 7.57. The smallest absolute Gasteiger partial charge is 0.170 e. The van der Waals surface area contributed by atoms with Crippen LogP contribution in [-0.2, 0) is 11.3 Å². The Kier molecular flexibility index (Phi) is 6.02. The summed E-state index contributed by atoms with van der Waals surface area (Å²) in [6.07, 6.45) is 3.75. The van der Waals surface area contributed by atoms with Crippen LogP contribution in [0.5, 0.6) is 0 Å². The molecule has 0 aromatic heterocycles. The Morgan fingerprint density at radius 2 is 2.38 bits per heavy atom. The van der Waals surface area contributed by atoms with E-state index in [0.717, 1.165) is 44.6 Å². The van der Waals surface area contributed by atoms with E-state index >= 15 is 0 Å². The number of amidine groups is 1. The van der Waals surface area contributed by atoms with E-state index < -0.39 is 0 Å². The lowest BCUT2D eigenvalue weighted by Gasteiger charge is -2.32. The van der Waals surface area contributed by atoms with Crippen molar-refractivity contribution in [3.05, 3.63) is 35.4 Å². The molecule has 0 spiro atoms. The molecule has 1 fully saturated rings. The zero-order valence-electron chi connectivity index (χ0n) is 12.7. The Bertz CT molecular complexity index is 476. The van der Waals surface area contributed by atoms with Crippen molar-refractivity contribution in [2.75, 3.05) is 19.7 Å². The van der Waals surface area contributed by atoms with Crippen molar-refractivity contribution in [2.24, 2.45) is 10.9 Å². The molecule has 1 aromatic carbocycles. The first-order valence-electron chi connectivity index (χ1n) is 7.63. The molecule has 0 amide bonds. The largest absolute Gasteiger partial charge is 0.409 e. The van der Waals surface area contributed by atoms with Crippen LogP contribution in [0.15, 0.2) is 29.4 Å². The minimum absolute atomic E-state index is 0.152. The third kappa shape index (κ3) is 4.72. The van der Waals surface area contributed by atoms with E-state index in [-0.39, 0.29) is 5.84 Å². The molecule has 1 aliphatic heterocycles. The van der Waals surface area contributed by atoms with Crippen molar-refractivity contribution in [1.29, 1.82) is 0 Å². The quantitative estimate of drug-likeness (QED) is 0.365. The normalized spacial score (nSPS) is 20.6. The first-order valence-corrected chi connectivity index (χ1v) is 7.63. The molecule has 2 rings (SSSR count). The molecule has 1 saturated heterocycles. The van der Waals surface area contributed by atoms with E-state index in [2.05, 4.69) is 23.0 Å². The summed E-state index contributed by atoms with van der Waals surface area (Å²) >= 11 is 0. The molecule has 0 aliphatic carbocycles. The van der Waals surface area contributed by atoms with Crippen LogP contribution in [0, 0.1) is 0 Å². The second-order valence-electron chi connectivity index (χ2n) is 5.56. The number of nitrogens with zero attached hydrogens (tertiary/aromatic N) is 2. The summed E-state index contributed by atoms with van der Waals surface area (Å²) < 4.78 is 5.87. The van der Waals surface area contributed by atoms with Crippen molar-refractivity contribution in [2.45, 2.75) is 38.8 Å². The molecule has 1 heterocycles. The van der Waals surface area contributed by atoms with Gasteiger partial charge in [-0.2, -0.15) is 0 Å². The Labute approximate surface area is 126 Å². The molecule has 21 heavy (non-hydrogen) atoms. The summed E-state index contributed by atoms with van der Waals surface area (Å²) in [6.45, 7) is 5.93. The summed E-state index contributed by atoms with van der Waals surface area (Å²) in [6, 6.07) is 7.84. The van der Waals surface area contributed by atoms with Crippen LogP contribution in [0.3, 0.4) is 0 Å². The van der Waals surface area contributed by atoms with Gasteiger partial charge in [-0.3, -0.25) is 4.90 Å². The number of nitrogens with two attached hydrogens (primary N) is 1. The van der Waals surface area contributed by atoms with Gasteiger partial charge in [-0.05, 0) is 37.4 Å². The number of piperidine rings is 1. The molecule has 1 aromatic rings. The van der Waals surface area contributed by atoms with Crippen LogP contribution in [0.1, 0.15) is 37.3 Å². The summed E-state index contributed by atoms with van der Waals surface area (Å²) in [4.78, 5) is 2.41. The highest BCUT2D eigenvalue weighted by molar-refractivity contribution is 5.97. The van der Waals surface area contributed by atoms with Crippen molar-refractivity contribution in [3.8, 4) is 0 Å². The first kappa shape index (κ1) is 15.8. The van der Waals surface area contributed by atoms with E-state index in [9.17, 15) is 0 Å². The molecule has 5 nitrogen and oxygen atoms in total. The Balaban J connectivity index is 1.94. The average Bonchev–Trinajstić information content (AvgIpc) is 2.53. The minimum Gasteiger partial charge on any atom is -0.409 e. The van der Waals surface area contributed by atoms with Gasteiger partial charge in [-0.15, -0.1) is 0 Å². The zero-order chi connectivity index (χ0) is 15.1. The maximum atomic E-state index is 8.75. The van der Waals surface area contributed by atoms with E-state index in [1.807, 2.05) is 18.2 Å². The van der Waals surface area contributed by atoms with Crippen LogP contribution >= 0.6 is 0 Å². The molecule has 1 atom stereocenters. The molecule has 0 bridgehead atoms. The van der Waals surface area contributed by atoms with Gasteiger partial charge in [0.1, 0.15) is 0 Å². The Morgan fingerprint density at radius 3 is 3.14 bits per heavy atom. The van der Waals surface area contributed by atoms with Crippen LogP contribution in [0.2, 0.25) is 0 Å². The number of benzene rings is 1. The van der Waals surface area contributed by atoms with Gasteiger partial charge in [0, 0.05) is 25.3 Å². The van der Waals surface area contributed by atoms with Crippen LogP contribution in [0.25, 0.3) is 0 Å². The second kappa shape index (κ2) is 8.00. The van der Waals surface area contributed by atoms with Gasteiger partial charge >= 0.3 is 0 Å². The van der Waals surface area contributed by atoms with Crippen LogP contribution in [0.4, 0.5) is 0 Å². The summed E-state index contributed by atoms with van der Waals surface area (Å²) in [5, 5.41) is 11.8. The van der Waals surface area contributed by atoms with Gasteiger partial charge in [0.25, 0.3) is 0 Å². The zero-order valence-corrected chi connectivity index (χ0v) is 12.7. The van der Waals surface area contributed by atoms with Gasteiger partial charge in [-0.1, -0.05) is 30.3 Å². The lowest BCUT2D eigenvalue weighted by atomic mass is 10.1. The standard InChI is InChI=1S/C16H25N3O2/c1-2-9-21-15-7-4-8-19(12-15)11-13-5-3-6-14(10-13)16(17)18-20/h3,5-6,10,15,20H,2,4,7-9,11-12H2,1H3,(H2,17,18). The number of ether oxygens (including phenoxy) is 1. The molecular formula is C16H25N3O2. The van der Waals surface area contributed by atoms with E-state index in [4.69, 9.17) is 15.7 Å². The second-order valence-corrected chi connectivity index (χ2v) is 5.56. The highest BCUT2D eigenvalue weighted by atomic mass is 16.5. The fraction of sp³-hybridized carbons (Fsp3) is 0.562. The van der Waals surface area contributed by atoms with Gasteiger partial charge in [0.05, 0.1) is 6.10 Å². The number of hydrogen-bond donors (Lipinski definition) is 2. The third-order valence-corrected chi connectivity index (χ3v) is 3.76. The van der Waals surface area contributed by atoms with Crippen molar-refractivity contribution in [1.82, 2.24) is 4.90 Å². The lowest BCUT2D eigenvalue weighted by Crippen LogP contribution is -2.39. The summed E-state index contributed by atoms with van der Waals surface area (Å²) in [7, 11) is 0. The molecule has 3 N–H and O–H groups in total. The molecule has 0 saturated carbocycles. The highest BCUT2D eigenvalue weighted by Crippen LogP contribution is 2.17. The van der Waals surface area contributed by atoms with Crippen molar-refractivity contribution in [3.63, 3.8) is 0 Å². The minimum atomic E-state index is 0.152. The van der Waals surface area contributed by atoms with Gasteiger partial charge in [-0.25, -0.2) is 0 Å². The van der Waals surface area contributed by atoms with E-state index in [0.29, 0.717) is 6.10 Å². The SMILES string of the molecule is CCCOC1CCCN(Cc2cccc(C(N)=NO)c2)C1. The molecule has 1 aliphatic rings. The molecular weight excluding hydrogens is 266 g/mol. The highest BCUT2D eigenvalue weighted by Gasteiger charge is 2.20. The number of oxime groups is 1. The maximum absolute atomic E-state index is 8.75. The average molecular weight is 291 g/mol. The fourth-order valence-electron chi connectivity index (χ4n) is 2.72.